The van der Waals surface area contributed by atoms with Gasteiger partial charge in [-0.1, -0.05) is 30.3 Å². The maximum absolute atomic E-state index is 12.3. The van der Waals surface area contributed by atoms with Crippen molar-refractivity contribution in [2.45, 2.75) is 19.4 Å². The zero-order valence-corrected chi connectivity index (χ0v) is 11.2. The van der Waals surface area contributed by atoms with Gasteiger partial charge in [-0.3, -0.25) is 9.59 Å². The molecule has 20 heavy (non-hydrogen) atoms. The Balaban J connectivity index is 1.96. The highest BCUT2D eigenvalue weighted by Crippen LogP contribution is 2.33. The number of Topliss-reactive ketones (excluding diaryl/α,β-unsaturated/α-hetero) is 2. The first-order valence-electron chi connectivity index (χ1n) is 6.65. The van der Waals surface area contributed by atoms with Crippen LogP contribution in [-0.4, -0.2) is 11.6 Å². The largest absolute Gasteiger partial charge is 0.377 e. The molecule has 1 aliphatic heterocycles. The summed E-state index contributed by atoms with van der Waals surface area (Å²) in [5.74, 6) is 0.0569. The van der Waals surface area contributed by atoms with Gasteiger partial charge in [0.05, 0.1) is 6.04 Å². The van der Waals surface area contributed by atoms with Crippen LogP contribution in [0.1, 0.15) is 45.7 Å². The molecule has 0 radical (unpaired) electrons. The molecule has 0 aromatic heterocycles. The van der Waals surface area contributed by atoms with E-state index in [1.54, 1.807) is 12.1 Å². The molecule has 2 aromatic carbocycles. The molecule has 1 aliphatic rings. The van der Waals surface area contributed by atoms with E-state index in [0.717, 1.165) is 11.3 Å². The highest BCUT2D eigenvalue weighted by Gasteiger charge is 2.25. The summed E-state index contributed by atoms with van der Waals surface area (Å²) < 4.78 is 0. The predicted octanol–water partition coefficient (Wildman–Crippen LogP) is 3.63. The predicted molar refractivity (Wildman–Crippen MR) is 78.2 cm³/mol. The molecule has 1 unspecified atom stereocenters. The highest BCUT2D eigenvalue weighted by atomic mass is 16.1. The molecule has 1 heterocycles. The summed E-state index contributed by atoms with van der Waals surface area (Å²) in [6, 6.07) is 15.2. The van der Waals surface area contributed by atoms with Crippen LogP contribution in [0.15, 0.2) is 48.5 Å². The van der Waals surface area contributed by atoms with Crippen LogP contribution >= 0.6 is 0 Å². The monoisotopic (exact) mass is 265 g/mol. The van der Waals surface area contributed by atoms with Gasteiger partial charge in [-0.25, -0.2) is 0 Å². The highest BCUT2D eigenvalue weighted by molar-refractivity contribution is 6.06. The van der Waals surface area contributed by atoms with Crippen molar-refractivity contribution in [1.82, 2.24) is 0 Å². The van der Waals surface area contributed by atoms with Crippen molar-refractivity contribution in [3.05, 3.63) is 65.2 Å². The Morgan fingerprint density at radius 2 is 1.90 bits per heavy atom. The third-order valence-corrected chi connectivity index (χ3v) is 3.65. The van der Waals surface area contributed by atoms with Gasteiger partial charge in [-0.2, -0.15) is 0 Å². The Hall–Kier alpha value is -2.42. The fourth-order valence-corrected chi connectivity index (χ4v) is 2.54. The Morgan fingerprint density at radius 1 is 1.15 bits per heavy atom. The van der Waals surface area contributed by atoms with Crippen LogP contribution in [0.2, 0.25) is 0 Å². The number of benzene rings is 2. The molecule has 0 amide bonds. The fraction of sp³-hybridized carbons (Fsp3) is 0.176. The lowest BCUT2D eigenvalue weighted by molar-refractivity contribution is 0.0972. The van der Waals surface area contributed by atoms with Gasteiger partial charge in [0.2, 0.25) is 0 Å². The SMILES string of the molecule is CC(=O)c1ccc2c(c1)C(=O)CC(c1ccccc1)N2. The first-order chi connectivity index (χ1) is 9.65. The number of carbonyl (C=O) groups excluding carboxylic acids is 2. The second-order valence-corrected chi connectivity index (χ2v) is 5.05. The van der Waals surface area contributed by atoms with E-state index < -0.39 is 0 Å². The molecule has 100 valence electrons. The second kappa shape index (κ2) is 4.93. The molecule has 3 rings (SSSR count). The molecule has 1 atom stereocenters. The normalized spacial score (nSPS) is 17.2. The summed E-state index contributed by atoms with van der Waals surface area (Å²) in [7, 11) is 0. The Labute approximate surface area is 117 Å². The minimum atomic E-state index is -0.0224. The molecular formula is C17H15NO2. The van der Waals surface area contributed by atoms with E-state index in [1.807, 2.05) is 36.4 Å². The van der Waals surface area contributed by atoms with Crippen LogP contribution in [0.4, 0.5) is 5.69 Å². The molecule has 0 aliphatic carbocycles. The van der Waals surface area contributed by atoms with Crippen LogP contribution in [0, 0.1) is 0 Å². The smallest absolute Gasteiger partial charge is 0.167 e. The molecule has 0 saturated carbocycles. The van der Waals surface area contributed by atoms with E-state index in [9.17, 15) is 9.59 Å². The van der Waals surface area contributed by atoms with Crippen LogP contribution in [-0.2, 0) is 0 Å². The van der Waals surface area contributed by atoms with Crippen molar-refractivity contribution < 1.29 is 9.59 Å². The number of hydrogen-bond donors (Lipinski definition) is 1. The number of fused-ring (bicyclic) bond motifs is 1. The maximum Gasteiger partial charge on any atom is 0.167 e. The third kappa shape index (κ3) is 2.23. The quantitative estimate of drug-likeness (QED) is 0.843. The van der Waals surface area contributed by atoms with E-state index in [1.165, 1.54) is 6.92 Å². The van der Waals surface area contributed by atoms with Crippen molar-refractivity contribution in [3.8, 4) is 0 Å². The zero-order valence-electron chi connectivity index (χ0n) is 11.2. The number of anilines is 1. The maximum atomic E-state index is 12.3. The summed E-state index contributed by atoms with van der Waals surface area (Å²) in [4.78, 5) is 23.7. The van der Waals surface area contributed by atoms with Crippen molar-refractivity contribution >= 4 is 17.3 Å². The Bertz CT molecular complexity index is 677. The molecule has 0 bridgehead atoms. The molecule has 2 aromatic rings. The molecule has 3 heteroatoms. The van der Waals surface area contributed by atoms with Crippen LogP contribution in [0.5, 0.6) is 0 Å². The molecule has 3 nitrogen and oxygen atoms in total. The van der Waals surface area contributed by atoms with E-state index in [4.69, 9.17) is 0 Å². The van der Waals surface area contributed by atoms with Crippen molar-refractivity contribution in [2.75, 3.05) is 5.32 Å². The van der Waals surface area contributed by atoms with Gasteiger partial charge in [-0.05, 0) is 30.7 Å². The van der Waals surface area contributed by atoms with Gasteiger partial charge in [0.1, 0.15) is 0 Å². The number of rotatable bonds is 2. The number of hydrogen-bond acceptors (Lipinski definition) is 3. The van der Waals surface area contributed by atoms with Gasteiger partial charge in [0, 0.05) is 23.2 Å². The number of nitrogens with one attached hydrogen (secondary N) is 1. The average Bonchev–Trinajstić information content (AvgIpc) is 2.47. The van der Waals surface area contributed by atoms with Gasteiger partial charge < -0.3 is 5.32 Å². The first-order valence-corrected chi connectivity index (χ1v) is 6.65. The van der Waals surface area contributed by atoms with Crippen molar-refractivity contribution in [1.29, 1.82) is 0 Å². The first kappa shape index (κ1) is 12.6. The molecular weight excluding hydrogens is 250 g/mol. The van der Waals surface area contributed by atoms with Crippen LogP contribution < -0.4 is 5.32 Å². The second-order valence-electron chi connectivity index (χ2n) is 5.05. The average molecular weight is 265 g/mol. The zero-order chi connectivity index (χ0) is 14.1. The summed E-state index contributed by atoms with van der Waals surface area (Å²) in [5, 5.41) is 3.38. The van der Waals surface area contributed by atoms with Crippen molar-refractivity contribution in [3.63, 3.8) is 0 Å². The number of carbonyl (C=O) groups is 2. The third-order valence-electron chi connectivity index (χ3n) is 3.65. The molecule has 1 N–H and O–H groups in total. The van der Waals surface area contributed by atoms with Crippen LogP contribution in [0.3, 0.4) is 0 Å². The summed E-state index contributed by atoms with van der Waals surface area (Å²) in [5.41, 5.74) is 3.10. The minimum absolute atomic E-state index is 0.000576. The summed E-state index contributed by atoms with van der Waals surface area (Å²) in [6.07, 6.45) is 0.415. The van der Waals surface area contributed by atoms with Gasteiger partial charge >= 0.3 is 0 Å². The Morgan fingerprint density at radius 3 is 2.60 bits per heavy atom. The Kier molecular flexibility index (Phi) is 3.11. The van der Waals surface area contributed by atoms with E-state index in [0.29, 0.717) is 17.5 Å². The van der Waals surface area contributed by atoms with Gasteiger partial charge in [-0.15, -0.1) is 0 Å². The van der Waals surface area contributed by atoms with E-state index in [2.05, 4.69) is 5.32 Å². The van der Waals surface area contributed by atoms with Gasteiger partial charge in [0.15, 0.2) is 11.6 Å². The van der Waals surface area contributed by atoms with Crippen molar-refractivity contribution in [2.24, 2.45) is 0 Å². The lowest BCUT2D eigenvalue weighted by atomic mass is 9.91. The lowest BCUT2D eigenvalue weighted by Crippen LogP contribution is -2.23. The molecule has 0 saturated heterocycles. The lowest BCUT2D eigenvalue weighted by Gasteiger charge is -2.26. The fourth-order valence-electron chi connectivity index (χ4n) is 2.54. The van der Waals surface area contributed by atoms with E-state index in [-0.39, 0.29) is 17.6 Å². The van der Waals surface area contributed by atoms with Gasteiger partial charge in [0.25, 0.3) is 0 Å². The molecule has 0 fully saturated rings. The van der Waals surface area contributed by atoms with E-state index >= 15 is 0 Å². The van der Waals surface area contributed by atoms with Crippen LogP contribution in [0.25, 0.3) is 0 Å². The molecule has 0 spiro atoms. The minimum Gasteiger partial charge on any atom is -0.377 e. The number of ketones is 2. The summed E-state index contributed by atoms with van der Waals surface area (Å²) in [6.45, 7) is 1.51. The summed E-state index contributed by atoms with van der Waals surface area (Å²) >= 11 is 0. The standard InChI is InChI=1S/C17H15NO2/c1-11(19)13-7-8-15-14(9-13)17(20)10-16(18-15)12-5-3-2-4-6-12/h2-9,16,18H,10H2,1H3. The topological polar surface area (TPSA) is 46.2 Å².